The van der Waals surface area contributed by atoms with Crippen LogP contribution in [0.4, 0.5) is 0 Å². The van der Waals surface area contributed by atoms with Crippen LogP contribution < -0.4 is 5.32 Å². The molecule has 0 unspecified atom stereocenters. The van der Waals surface area contributed by atoms with Crippen molar-refractivity contribution in [1.82, 2.24) is 10.3 Å². The van der Waals surface area contributed by atoms with E-state index in [-0.39, 0.29) is 17.4 Å². The third-order valence-electron chi connectivity index (χ3n) is 2.75. The van der Waals surface area contributed by atoms with E-state index in [1.165, 1.54) is 0 Å². The third-order valence-corrected chi connectivity index (χ3v) is 4.46. The van der Waals surface area contributed by atoms with Crippen molar-refractivity contribution in [2.24, 2.45) is 5.92 Å². The Balaban J connectivity index is 1.97. The van der Waals surface area contributed by atoms with E-state index in [9.17, 15) is 8.42 Å². The lowest BCUT2D eigenvalue weighted by molar-refractivity contribution is 0.569. The Morgan fingerprint density at radius 2 is 2.31 bits per heavy atom. The van der Waals surface area contributed by atoms with Crippen molar-refractivity contribution in [3.63, 3.8) is 0 Å². The van der Waals surface area contributed by atoms with Gasteiger partial charge in [0.1, 0.15) is 0 Å². The number of rotatable bonds is 4. The first-order valence-electron chi connectivity index (χ1n) is 5.47. The van der Waals surface area contributed by atoms with Crippen molar-refractivity contribution in [2.75, 3.05) is 18.8 Å². The van der Waals surface area contributed by atoms with E-state index in [0.717, 1.165) is 19.5 Å². The quantitative estimate of drug-likeness (QED) is 0.837. The van der Waals surface area contributed by atoms with Crippen LogP contribution in [0.2, 0.25) is 0 Å². The highest BCUT2D eigenvalue weighted by molar-refractivity contribution is 7.90. The van der Waals surface area contributed by atoms with Gasteiger partial charge >= 0.3 is 0 Å². The maximum absolute atomic E-state index is 11.9. The smallest absolute Gasteiger partial charge is 0.156 e. The van der Waals surface area contributed by atoms with E-state index in [1.54, 1.807) is 18.3 Å². The third kappa shape index (κ3) is 3.28. The Labute approximate surface area is 96.0 Å². The molecule has 1 aliphatic heterocycles. The van der Waals surface area contributed by atoms with Crippen molar-refractivity contribution in [1.29, 1.82) is 0 Å². The Morgan fingerprint density at radius 1 is 1.44 bits per heavy atom. The molecule has 1 aromatic rings. The number of hydrogen-bond donors (Lipinski definition) is 1. The largest absolute Gasteiger partial charge is 0.316 e. The minimum absolute atomic E-state index is 0.0599. The van der Waals surface area contributed by atoms with Crippen LogP contribution in [0.3, 0.4) is 0 Å². The first kappa shape index (κ1) is 11.5. The van der Waals surface area contributed by atoms with Gasteiger partial charge in [0.25, 0.3) is 0 Å². The molecule has 0 bridgehead atoms. The molecule has 1 aromatic heterocycles. The van der Waals surface area contributed by atoms with E-state index < -0.39 is 9.84 Å². The van der Waals surface area contributed by atoms with Crippen molar-refractivity contribution < 1.29 is 8.42 Å². The summed E-state index contributed by atoms with van der Waals surface area (Å²) in [5.74, 6) is 0.606. The van der Waals surface area contributed by atoms with Gasteiger partial charge in [-0.15, -0.1) is 0 Å². The molecular formula is C11H16N2O2S. The lowest BCUT2D eigenvalue weighted by Gasteiger charge is -2.08. The zero-order chi connectivity index (χ0) is 11.4. The van der Waals surface area contributed by atoms with Crippen LogP contribution in [0.25, 0.3) is 0 Å². The maximum atomic E-state index is 11.9. The molecular weight excluding hydrogens is 224 g/mol. The molecule has 1 aliphatic rings. The van der Waals surface area contributed by atoms with Gasteiger partial charge in [-0.3, -0.25) is 4.98 Å². The Morgan fingerprint density at radius 3 is 2.94 bits per heavy atom. The predicted octanol–water partition coefficient (Wildman–Crippen LogP) is 0.606. The summed E-state index contributed by atoms with van der Waals surface area (Å²) < 4.78 is 23.8. The molecule has 0 spiro atoms. The lowest BCUT2D eigenvalue weighted by Crippen LogP contribution is -2.20. The molecule has 4 nitrogen and oxygen atoms in total. The average molecular weight is 240 g/mol. The molecule has 2 rings (SSSR count). The molecule has 0 radical (unpaired) electrons. The number of aromatic nitrogens is 1. The van der Waals surface area contributed by atoms with E-state index in [0.29, 0.717) is 5.69 Å². The van der Waals surface area contributed by atoms with E-state index in [4.69, 9.17) is 0 Å². The highest BCUT2D eigenvalue weighted by atomic mass is 32.2. The van der Waals surface area contributed by atoms with Crippen LogP contribution in [-0.4, -0.2) is 32.2 Å². The second-order valence-corrected chi connectivity index (χ2v) is 6.34. The summed E-state index contributed by atoms with van der Waals surface area (Å²) in [6, 6.07) is 5.36. The van der Waals surface area contributed by atoms with Gasteiger partial charge in [-0.25, -0.2) is 8.42 Å². The van der Waals surface area contributed by atoms with E-state index in [2.05, 4.69) is 10.3 Å². The highest BCUT2D eigenvalue weighted by Crippen LogP contribution is 2.13. The molecule has 1 saturated heterocycles. The van der Waals surface area contributed by atoms with E-state index in [1.807, 2.05) is 6.07 Å². The van der Waals surface area contributed by atoms with Gasteiger partial charge in [0.05, 0.1) is 17.2 Å². The molecule has 0 aromatic carbocycles. The van der Waals surface area contributed by atoms with Gasteiger partial charge in [-0.2, -0.15) is 0 Å². The zero-order valence-electron chi connectivity index (χ0n) is 9.09. The highest BCUT2D eigenvalue weighted by Gasteiger charge is 2.22. The fourth-order valence-corrected chi connectivity index (χ4v) is 3.73. The summed E-state index contributed by atoms with van der Waals surface area (Å²) >= 11 is 0. The number of sulfone groups is 1. The molecule has 0 amide bonds. The van der Waals surface area contributed by atoms with Crippen molar-refractivity contribution in [2.45, 2.75) is 12.2 Å². The Bertz CT molecular complexity index is 425. The molecule has 1 fully saturated rings. The average Bonchev–Trinajstić information content (AvgIpc) is 2.70. The standard InChI is InChI=1S/C11H16N2O2S/c14-16(15,8-10-4-6-12-7-10)9-11-3-1-2-5-13-11/h1-3,5,10,12H,4,6-9H2/t10-/m0/s1. The second-order valence-electron chi connectivity index (χ2n) is 4.23. The van der Waals surface area contributed by atoms with Crippen molar-refractivity contribution in [3.05, 3.63) is 30.1 Å². The topological polar surface area (TPSA) is 59.1 Å². The van der Waals surface area contributed by atoms with Crippen LogP contribution in [0.1, 0.15) is 12.1 Å². The van der Waals surface area contributed by atoms with Gasteiger partial charge in [0.2, 0.25) is 0 Å². The summed E-state index contributed by atoms with van der Waals surface area (Å²) in [7, 11) is -3.02. The molecule has 1 N–H and O–H groups in total. The molecule has 5 heteroatoms. The molecule has 88 valence electrons. The van der Waals surface area contributed by atoms with Crippen LogP contribution in [0.5, 0.6) is 0 Å². The summed E-state index contributed by atoms with van der Waals surface area (Å²) in [6.07, 6.45) is 2.59. The van der Waals surface area contributed by atoms with Crippen molar-refractivity contribution in [3.8, 4) is 0 Å². The number of hydrogen-bond acceptors (Lipinski definition) is 4. The van der Waals surface area contributed by atoms with Crippen molar-refractivity contribution >= 4 is 9.84 Å². The Kier molecular flexibility index (Phi) is 3.56. The molecule has 0 saturated carbocycles. The summed E-state index contributed by atoms with van der Waals surface area (Å²) in [5, 5.41) is 3.18. The zero-order valence-corrected chi connectivity index (χ0v) is 9.91. The summed E-state index contributed by atoms with van der Waals surface area (Å²) in [5.41, 5.74) is 0.633. The number of nitrogens with zero attached hydrogens (tertiary/aromatic N) is 1. The molecule has 2 heterocycles. The van der Waals surface area contributed by atoms with E-state index >= 15 is 0 Å². The molecule has 0 aliphatic carbocycles. The SMILES string of the molecule is O=S(=O)(Cc1ccccn1)C[C@H]1CCNC1. The monoisotopic (exact) mass is 240 g/mol. The second kappa shape index (κ2) is 4.93. The molecule has 16 heavy (non-hydrogen) atoms. The van der Waals surface area contributed by atoms with Crippen LogP contribution in [0, 0.1) is 5.92 Å². The minimum Gasteiger partial charge on any atom is -0.316 e. The van der Waals surface area contributed by atoms with Gasteiger partial charge in [0.15, 0.2) is 9.84 Å². The minimum atomic E-state index is -3.02. The van der Waals surface area contributed by atoms with Gasteiger partial charge in [-0.1, -0.05) is 6.07 Å². The Hall–Kier alpha value is -0.940. The number of nitrogens with one attached hydrogen (secondary N) is 1. The van der Waals surface area contributed by atoms with Gasteiger partial charge in [-0.05, 0) is 37.6 Å². The van der Waals surface area contributed by atoms with Crippen LogP contribution in [-0.2, 0) is 15.6 Å². The fourth-order valence-electron chi connectivity index (χ4n) is 1.98. The summed E-state index contributed by atoms with van der Waals surface area (Å²) in [4.78, 5) is 4.04. The lowest BCUT2D eigenvalue weighted by atomic mass is 10.2. The van der Waals surface area contributed by atoms with Crippen LogP contribution >= 0.6 is 0 Å². The summed E-state index contributed by atoms with van der Waals surface area (Å²) in [6.45, 7) is 1.76. The fraction of sp³-hybridized carbons (Fsp3) is 0.545. The molecule has 1 atom stereocenters. The number of pyridine rings is 1. The first-order chi connectivity index (χ1) is 7.66. The normalized spacial score (nSPS) is 21.1. The maximum Gasteiger partial charge on any atom is 0.156 e. The van der Waals surface area contributed by atoms with Gasteiger partial charge < -0.3 is 5.32 Å². The predicted molar refractivity (Wildman–Crippen MR) is 62.7 cm³/mol. The first-order valence-corrected chi connectivity index (χ1v) is 7.29. The van der Waals surface area contributed by atoms with Crippen LogP contribution in [0.15, 0.2) is 24.4 Å². The van der Waals surface area contributed by atoms with Gasteiger partial charge in [0, 0.05) is 6.20 Å².